The Morgan fingerprint density at radius 1 is 1.25 bits per heavy atom. The van der Waals surface area contributed by atoms with Crippen LogP contribution in [0.1, 0.15) is 38.7 Å². The van der Waals surface area contributed by atoms with Crippen LogP contribution < -0.4 is 11.1 Å². The highest BCUT2D eigenvalue weighted by Gasteiger charge is 2.63. The van der Waals surface area contributed by atoms with Gasteiger partial charge in [0, 0.05) is 37.2 Å². The van der Waals surface area contributed by atoms with Crippen LogP contribution in [0.5, 0.6) is 0 Å². The monoisotopic (exact) mass is 432 g/mol. The fraction of sp³-hybridized carbons (Fsp3) is 0.556. The van der Waals surface area contributed by atoms with Gasteiger partial charge in [0.25, 0.3) is 0 Å². The lowest BCUT2D eigenvalue weighted by atomic mass is 9.59. The largest absolute Gasteiger partial charge is 0.350 e. The quantitative estimate of drug-likeness (QED) is 0.669. The maximum Gasteiger partial charge on any atom is 0.248 e. The second-order valence-corrected chi connectivity index (χ2v) is 10.4. The van der Waals surface area contributed by atoms with Gasteiger partial charge in [-0.05, 0) is 60.5 Å². The number of benzene rings is 2. The maximum atomic E-state index is 13.9. The van der Waals surface area contributed by atoms with Crippen LogP contribution in [0.3, 0.4) is 0 Å². The molecule has 1 saturated heterocycles. The zero-order valence-electron chi connectivity index (χ0n) is 19.3. The van der Waals surface area contributed by atoms with Gasteiger partial charge in [-0.15, -0.1) is 0 Å². The molecule has 170 valence electrons. The van der Waals surface area contributed by atoms with Gasteiger partial charge in [-0.3, -0.25) is 14.7 Å². The van der Waals surface area contributed by atoms with E-state index in [4.69, 9.17) is 10.7 Å². The van der Waals surface area contributed by atoms with E-state index in [9.17, 15) is 4.79 Å². The molecule has 5 heteroatoms. The highest BCUT2D eigenvalue weighted by molar-refractivity contribution is 5.92. The predicted molar refractivity (Wildman–Crippen MR) is 131 cm³/mol. The Kier molecular flexibility index (Phi) is 5.81. The molecule has 4 aliphatic rings. The van der Waals surface area contributed by atoms with Crippen LogP contribution in [-0.4, -0.2) is 48.2 Å². The number of hydrogen-bond donors (Lipinski definition) is 2. The minimum absolute atomic E-state index is 0.112. The number of nitrogens with two attached hydrogens (primary N) is 1. The number of rotatable bonds is 8. The van der Waals surface area contributed by atoms with Crippen molar-refractivity contribution in [3.05, 3.63) is 48.0 Å². The minimum atomic E-state index is -0.629. The van der Waals surface area contributed by atoms with Crippen molar-refractivity contribution >= 4 is 22.9 Å². The minimum Gasteiger partial charge on any atom is -0.350 e. The number of aliphatic imine (C=N–C) groups is 1. The molecule has 3 aliphatic heterocycles. The van der Waals surface area contributed by atoms with Crippen LogP contribution in [0.25, 0.3) is 10.8 Å². The molecule has 0 spiro atoms. The number of fused-ring (bicyclic) bond motifs is 1. The molecule has 5 unspecified atom stereocenters. The van der Waals surface area contributed by atoms with E-state index in [0.29, 0.717) is 30.3 Å². The van der Waals surface area contributed by atoms with E-state index in [1.54, 1.807) is 0 Å². The van der Waals surface area contributed by atoms with Crippen LogP contribution >= 0.6 is 0 Å². The van der Waals surface area contributed by atoms with Crippen molar-refractivity contribution in [3.63, 3.8) is 0 Å². The highest BCUT2D eigenvalue weighted by Crippen LogP contribution is 2.54. The normalized spacial score (nSPS) is 31.0. The number of nitrogens with one attached hydrogen (secondary N) is 1. The Balaban J connectivity index is 1.41. The van der Waals surface area contributed by atoms with Gasteiger partial charge in [0.05, 0.1) is 0 Å². The topological polar surface area (TPSA) is 70.7 Å². The fourth-order valence-electron chi connectivity index (χ4n) is 6.67. The van der Waals surface area contributed by atoms with Gasteiger partial charge in [0.15, 0.2) is 0 Å². The zero-order valence-corrected chi connectivity index (χ0v) is 19.3. The average Bonchev–Trinajstić information content (AvgIpc) is 3.11. The van der Waals surface area contributed by atoms with E-state index in [-0.39, 0.29) is 11.8 Å². The van der Waals surface area contributed by atoms with Crippen molar-refractivity contribution in [3.8, 4) is 0 Å². The molecule has 2 fully saturated rings. The molecule has 4 bridgehead atoms. The lowest BCUT2D eigenvalue weighted by Crippen LogP contribution is -2.63. The van der Waals surface area contributed by atoms with Crippen molar-refractivity contribution in [1.29, 1.82) is 0 Å². The number of hydrogen-bond acceptors (Lipinski definition) is 4. The van der Waals surface area contributed by atoms with Crippen molar-refractivity contribution in [2.45, 2.75) is 51.2 Å². The second kappa shape index (κ2) is 8.60. The molecule has 2 aromatic carbocycles. The van der Waals surface area contributed by atoms with Crippen LogP contribution in [0.2, 0.25) is 0 Å². The summed E-state index contributed by atoms with van der Waals surface area (Å²) < 4.78 is 0. The number of carbonyl (C=O) groups excluding carboxylic acids is 1. The summed E-state index contributed by atoms with van der Waals surface area (Å²) in [6.07, 6.45) is 5.06. The summed E-state index contributed by atoms with van der Waals surface area (Å²) >= 11 is 0. The number of amides is 1. The molecular formula is C27H36N4O. The molecule has 1 amide bonds. The van der Waals surface area contributed by atoms with Gasteiger partial charge in [-0.25, -0.2) is 0 Å². The fourth-order valence-corrected chi connectivity index (χ4v) is 6.67. The molecule has 5 nitrogen and oxygen atoms in total. The lowest BCUT2D eigenvalue weighted by molar-refractivity contribution is -0.132. The van der Waals surface area contributed by atoms with Gasteiger partial charge < -0.3 is 11.1 Å². The molecule has 1 aliphatic carbocycles. The summed E-state index contributed by atoms with van der Waals surface area (Å²) in [5.41, 5.74) is 6.36. The van der Waals surface area contributed by atoms with E-state index in [0.717, 1.165) is 44.5 Å². The van der Waals surface area contributed by atoms with Gasteiger partial charge in [-0.1, -0.05) is 56.3 Å². The van der Waals surface area contributed by atoms with Crippen LogP contribution in [0.4, 0.5) is 0 Å². The van der Waals surface area contributed by atoms with E-state index in [1.807, 2.05) is 0 Å². The molecule has 0 radical (unpaired) electrons. The first kappa shape index (κ1) is 21.6. The molecule has 3 heterocycles. The SMILES string of the molecule is CC(C)CC1C2C3C=NC1(C(=O)NCc1cccc4ccccc14)CC3CN2CCCN. The second-order valence-electron chi connectivity index (χ2n) is 10.4. The standard InChI is InChI=1S/C27H36N4O/c1-18(2)13-24-25-23-16-30-27(24,14-21(23)17-31(25)12-6-11-28)26(32)29-15-20-9-5-8-19-7-3-4-10-22(19)20/h3-5,7-10,16,18,21,23-25H,6,11-15,17,28H2,1-2H3,(H,29,32). The Morgan fingerprint density at radius 2 is 2.06 bits per heavy atom. The smallest absolute Gasteiger partial charge is 0.248 e. The first-order valence-corrected chi connectivity index (χ1v) is 12.3. The summed E-state index contributed by atoms with van der Waals surface area (Å²) in [5.74, 6) is 1.93. The first-order chi connectivity index (χ1) is 15.5. The van der Waals surface area contributed by atoms with Crippen molar-refractivity contribution < 1.29 is 4.79 Å². The Hall–Kier alpha value is -2.24. The van der Waals surface area contributed by atoms with Gasteiger partial charge in [-0.2, -0.15) is 0 Å². The summed E-state index contributed by atoms with van der Waals surface area (Å²) in [5, 5.41) is 5.73. The van der Waals surface area contributed by atoms with Gasteiger partial charge in [0.1, 0.15) is 5.54 Å². The van der Waals surface area contributed by atoms with E-state index in [2.05, 4.69) is 72.7 Å². The summed E-state index contributed by atoms with van der Waals surface area (Å²) in [6, 6.07) is 15.1. The van der Waals surface area contributed by atoms with Gasteiger partial charge in [0.2, 0.25) is 5.91 Å². The summed E-state index contributed by atoms with van der Waals surface area (Å²) in [7, 11) is 0. The molecule has 0 aromatic heterocycles. The van der Waals surface area contributed by atoms with Crippen molar-refractivity contribution in [1.82, 2.24) is 10.2 Å². The number of nitrogens with zero attached hydrogens (tertiary/aromatic N) is 2. The van der Waals surface area contributed by atoms with Gasteiger partial charge >= 0.3 is 0 Å². The average molecular weight is 433 g/mol. The summed E-state index contributed by atoms with van der Waals surface area (Å²) in [4.78, 5) is 21.5. The molecule has 5 atom stereocenters. The lowest BCUT2D eigenvalue weighted by Gasteiger charge is -2.51. The molecular weight excluding hydrogens is 396 g/mol. The molecule has 6 rings (SSSR count). The van der Waals surface area contributed by atoms with Crippen molar-refractivity contribution in [2.24, 2.45) is 34.4 Å². The maximum absolute atomic E-state index is 13.9. The van der Waals surface area contributed by atoms with E-state index < -0.39 is 5.54 Å². The predicted octanol–water partition coefficient (Wildman–Crippen LogP) is 3.61. The molecule has 3 N–H and O–H groups in total. The highest BCUT2D eigenvalue weighted by atomic mass is 16.2. The third-order valence-electron chi connectivity index (χ3n) is 7.99. The van der Waals surface area contributed by atoms with E-state index >= 15 is 0 Å². The number of carbonyl (C=O) groups is 1. The first-order valence-electron chi connectivity index (χ1n) is 12.3. The van der Waals surface area contributed by atoms with Crippen LogP contribution in [0.15, 0.2) is 47.5 Å². The Labute approximate surface area is 191 Å². The van der Waals surface area contributed by atoms with Crippen LogP contribution in [-0.2, 0) is 11.3 Å². The number of likely N-dealkylation sites (tertiary alicyclic amines) is 1. The Bertz CT molecular complexity index is 1010. The third kappa shape index (κ3) is 3.56. The Morgan fingerprint density at radius 3 is 2.88 bits per heavy atom. The summed E-state index contributed by atoms with van der Waals surface area (Å²) in [6.45, 7) is 7.91. The van der Waals surface area contributed by atoms with Crippen LogP contribution in [0, 0.1) is 23.7 Å². The zero-order chi connectivity index (χ0) is 22.3. The molecule has 2 aromatic rings. The van der Waals surface area contributed by atoms with E-state index in [1.165, 1.54) is 10.8 Å². The molecule has 32 heavy (non-hydrogen) atoms. The third-order valence-corrected chi connectivity index (χ3v) is 7.99. The molecule has 1 saturated carbocycles. The van der Waals surface area contributed by atoms with Crippen molar-refractivity contribution in [2.75, 3.05) is 19.6 Å².